The van der Waals surface area contributed by atoms with Crippen molar-refractivity contribution in [3.63, 3.8) is 0 Å². The van der Waals surface area contributed by atoms with Crippen LogP contribution in [0.4, 0.5) is 0 Å². The fourth-order valence-electron chi connectivity index (χ4n) is 4.27. The van der Waals surface area contributed by atoms with E-state index < -0.39 is 0 Å². The first kappa shape index (κ1) is 19.5. The van der Waals surface area contributed by atoms with E-state index in [4.69, 9.17) is 4.98 Å². The van der Waals surface area contributed by atoms with Crippen LogP contribution in [0.2, 0.25) is 0 Å². The molecule has 0 atom stereocenters. The van der Waals surface area contributed by atoms with Gasteiger partial charge in [0.2, 0.25) is 0 Å². The zero-order chi connectivity index (χ0) is 21.2. The van der Waals surface area contributed by atoms with Crippen LogP contribution in [0.25, 0.3) is 16.7 Å². The van der Waals surface area contributed by atoms with Gasteiger partial charge in [-0.25, -0.2) is 4.98 Å². The number of pyridine rings is 1. The maximum absolute atomic E-state index is 13.1. The van der Waals surface area contributed by atoms with Crippen molar-refractivity contribution in [3.8, 4) is 5.69 Å². The summed E-state index contributed by atoms with van der Waals surface area (Å²) in [7, 11) is 0. The molecule has 1 aliphatic rings. The third-order valence-corrected chi connectivity index (χ3v) is 5.90. The Morgan fingerprint density at radius 3 is 2.42 bits per heavy atom. The van der Waals surface area contributed by atoms with Gasteiger partial charge in [0.05, 0.1) is 11.0 Å². The fraction of sp³-hybridized carbons (Fsp3) is 0.240. The molecule has 0 bridgehead atoms. The van der Waals surface area contributed by atoms with Crippen LogP contribution >= 0.6 is 0 Å². The predicted octanol–water partition coefficient (Wildman–Crippen LogP) is 3.69. The highest BCUT2D eigenvalue weighted by Gasteiger charge is 2.23. The van der Waals surface area contributed by atoms with Crippen LogP contribution in [0.1, 0.15) is 21.7 Å². The standard InChI is InChI=1S/C25H25N5O/c1-19-27-23-17-21(7-8-24(23)30(19)22-5-3-2-4-6-22)25(31)29-15-13-28(14-16-29)18-20-9-11-26-12-10-20/h2-12,17H,13-16,18H2,1H3. The summed E-state index contributed by atoms with van der Waals surface area (Å²) >= 11 is 0. The lowest BCUT2D eigenvalue weighted by atomic mass is 10.1. The molecular formula is C25H25N5O. The Balaban J connectivity index is 1.30. The number of hydrogen-bond acceptors (Lipinski definition) is 4. The largest absolute Gasteiger partial charge is 0.336 e. The minimum absolute atomic E-state index is 0.0809. The number of aryl methyl sites for hydroxylation is 1. The Labute approximate surface area is 181 Å². The first-order valence-corrected chi connectivity index (χ1v) is 10.6. The summed E-state index contributed by atoms with van der Waals surface area (Å²) in [5.74, 6) is 0.993. The number of hydrogen-bond donors (Lipinski definition) is 0. The van der Waals surface area contributed by atoms with Gasteiger partial charge in [-0.1, -0.05) is 18.2 Å². The minimum atomic E-state index is 0.0809. The average Bonchev–Trinajstić information content (AvgIpc) is 3.15. The van der Waals surface area contributed by atoms with Crippen molar-refractivity contribution < 1.29 is 4.79 Å². The first-order chi connectivity index (χ1) is 15.2. The van der Waals surface area contributed by atoms with E-state index in [2.05, 4.69) is 26.6 Å². The number of para-hydroxylation sites is 1. The number of fused-ring (bicyclic) bond motifs is 1. The lowest BCUT2D eigenvalue weighted by Gasteiger charge is -2.34. The molecule has 0 radical (unpaired) electrons. The van der Waals surface area contributed by atoms with Crippen molar-refractivity contribution in [1.29, 1.82) is 0 Å². The molecule has 5 rings (SSSR count). The van der Waals surface area contributed by atoms with Crippen LogP contribution in [0.15, 0.2) is 73.1 Å². The number of carbonyl (C=O) groups is 1. The second-order valence-corrected chi connectivity index (χ2v) is 7.96. The van der Waals surface area contributed by atoms with Crippen molar-refractivity contribution in [2.75, 3.05) is 26.2 Å². The predicted molar refractivity (Wildman–Crippen MR) is 121 cm³/mol. The molecule has 2 aromatic heterocycles. The molecule has 31 heavy (non-hydrogen) atoms. The van der Waals surface area contributed by atoms with Crippen LogP contribution in [-0.4, -0.2) is 56.4 Å². The summed E-state index contributed by atoms with van der Waals surface area (Å²) < 4.78 is 2.13. The van der Waals surface area contributed by atoms with E-state index in [1.165, 1.54) is 5.56 Å². The van der Waals surface area contributed by atoms with E-state index in [0.29, 0.717) is 5.56 Å². The van der Waals surface area contributed by atoms with Crippen molar-refractivity contribution in [2.24, 2.45) is 0 Å². The van der Waals surface area contributed by atoms with Crippen LogP contribution in [0, 0.1) is 6.92 Å². The molecule has 0 aliphatic carbocycles. The number of nitrogens with zero attached hydrogens (tertiary/aromatic N) is 5. The van der Waals surface area contributed by atoms with E-state index in [9.17, 15) is 4.79 Å². The molecule has 6 nitrogen and oxygen atoms in total. The van der Waals surface area contributed by atoms with E-state index >= 15 is 0 Å². The number of piperazine rings is 1. The number of aromatic nitrogens is 3. The topological polar surface area (TPSA) is 54.3 Å². The highest BCUT2D eigenvalue weighted by Crippen LogP contribution is 2.23. The maximum Gasteiger partial charge on any atom is 0.254 e. The van der Waals surface area contributed by atoms with Crippen LogP contribution in [0.5, 0.6) is 0 Å². The molecule has 1 saturated heterocycles. The normalized spacial score (nSPS) is 14.8. The molecule has 0 N–H and O–H groups in total. The number of amides is 1. The van der Waals surface area contributed by atoms with Gasteiger partial charge in [-0.3, -0.25) is 19.2 Å². The zero-order valence-corrected chi connectivity index (χ0v) is 17.6. The van der Waals surface area contributed by atoms with Gasteiger partial charge in [-0.05, 0) is 55.0 Å². The van der Waals surface area contributed by atoms with Crippen LogP contribution < -0.4 is 0 Å². The van der Waals surface area contributed by atoms with E-state index in [1.54, 1.807) is 0 Å². The van der Waals surface area contributed by atoms with Crippen LogP contribution in [-0.2, 0) is 6.54 Å². The average molecular weight is 412 g/mol. The van der Waals surface area contributed by atoms with Crippen molar-refractivity contribution >= 4 is 16.9 Å². The Bertz CT molecular complexity index is 1190. The molecular weight excluding hydrogens is 386 g/mol. The number of benzene rings is 2. The third-order valence-electron chi connectivity index (χ3n) is 5.90. The molecule has 0 saturated carbocycles. The van der Waals surface area contributed by atoms with Gasteiger partial charge >= 0.3 is 0 Å². The van der Waals surface area contributed by atoms with Crippen LogP contribution in [0.3, 0.4) is 0 Å². The highest BCUT2D eigenvalue weighted by molar-refractivity contribution is 5.97. The lowest BCUT2D eigenvalue weighted by molar-refractivity contribution is 0.0628. The molecule has 156 valence electrons. The molecule has 1 amide bonds. The quantitative estimate of drug-likeness (QED) is 0.514. The van der Waals surface area contributed by atoms with E-state index in [0.717, 1.165) is 55.3 Å². The number of rotatable bonds is 4. The summed E-state index contributed by atoms with van der Waals surface area (Å²) in [6, 6.07) is 20.1. The molecule has 0 unspecified atom stereocenters. The van der Waals surface area contributed by atoms with Gasteiger partial charge in [0, 0.05) is 56.4 Å². The zero-order valence-electron chi connectivity index (χ0n) is 17.6. The molecule has 0 spiro atoms. The molecule has 3 heterocycles. The van der Waals surface area contributed by atoms with E-state index in [-0.39, 0.29) is 5.91 Å². The second kappa shape index (κ2) is 8.32. The smallest absolute Gasteiger partial charge is 0.254 e. The van der Waals surface area contributed by atoms with E-state index in [1.807, 2.05) is 72.7 Å². The van der Waals surface area contributed by atoms with Gasteiger partial charge in [0.15, 0.2) is 0 Å². The lowest BCUT2D eigenvalue weighted by Crippen LogP contribution is -2.48. The van der Waals surface area contributed by atoms with Gasteiger partial charge in [-0.15, -0.1) is 0 Å². The Kier molecular flexibility index (Phi) is 5.22. The summed E-state index contributed by atoms with van der Waals surface area (Å²) in [6.07, 6.45) is 3.65. The first-order valence-electron chi connectivity index (χ1n) is 10.6. The SMILES string of the molecule is Cc1nc2cc(C(=O)N3CCN(Cc4ccncc4)CC3)ccc2n1-c1ccccc1. The van der Waals surface area contributed by atoms with Gasteiger partial charge in [0.1, 0.15) is 5.82 Å². The molecule has 6 heteroatoms. The van der Waals surface area contributed by atoms with Crippen molar-refractivity contribution in [1.82, 2.24) is 24.3 Å². The van der Waals surface area contributed by atoms with Gasteiger partial charge in [0.25, 0.3) is 5.91 Å². The summed E-state index contributed by atoms with van der Waals surface area (Å²) in [5, 5.41) is 0. The minimum Gasteiger partial charge on any atom is -0.336 e. The summed E-state index contributed by atoms with van der Waals surface area (Å²) in [6.45, 7) is 6.11. The van der Waals surface area contributed by atoms with Gasteiger partial charge < -0.3 is 4.90 Å². The number of carbonyl (C=O) groups excluding carboxylic acids is 1. The Morgan fingerprint density at radius 1 is 0.935 bits per heavy atom. The van der Waals surface area contributed by atoms with Gasteiger partial charge in [-0.2, -0.15) is 0 Å². The second-order valence-electron chi connectivity index (χ2n) is 7.96. The fourth-order valence-corrected chi connectivity index (χ4v) is 4.27. The highest BCUT2D eigenvalue weighted by atomic mass is 16.2. The molecule has 2 aromatic carbocycles. The molecule has 4 aromatic rings. The van der Waals surface area contributed by atoms with Crippen molar-refractivity contribution in [2.45, 2.75) is 13.5 Å². The Morgan fingerprint density at radius 2 is 1.68 bits per heavy atom. The number of imidazole rings is 1. The Hall–Kier alpha value is -3.51. The maximum atomic E-state index is 13.1. The van der Waals surface area contributed by atoms with Crippen molar-refractivity contribution in [3.05, 3.63) is 90.0 Å². The summed E-state index contributed by atoms with van der Waals surface area (Å²) in [4.78, 5) is 26.3. The monoisotopic (exact) mass is 411 g/mol. The molecule has 1 aliphatic heterocycles. The third kappa shape index (κ3) is 3.94. The summed E-state index contributed by atoms with van der Waals surface area (Å²) in [5.41, 5.74) is 4.90. The molecule has 1 fully saturated rings.